The Balaban J connectivity index is 1.34. The van der Waals surface area contributed by atoms with Crippen LogP contribution in [-0.2, 0) is 9.59 Å². The first-order valence-corrected chi connectivity index (χ1v) is 13.3. The summed E-state index contributed by atoms with van der Waals surface area (Å²) in [4.78, 5) is 44.8. The lowest BCUT2D eigenvalue weighted by Crippen LogP contribution is -2.42. The summed E-state index contributed by atoms with van der Waals surface area (Å²) in [6.07, 6.45) is 0.833. The van der Waals surface area contributed by atoms with Gasteiger partial charge < -0.3 is 10.1 Å². The largest absolute Gasteiger partial charge is 0.508 e. The molecule has 2 aliphatic carbocycles. The van der Waals surface area contributed by atoms with Gasteiger partial charge in [0.05, 0.1) is 22.5 Å². The van der Waals surface area contributed by atoms with Crippen LogP contribution in [0.1, 0.15) is 28.3 Å². The third-order valence-electron chi connectivity index (χ3n) is 8.29. The number of H-pyrrole nitrogens is 1. The van der Waals surface area contributed by atoms with Crippen LogP contribution in [0.15, 0.2) is 58.4 Å². The molecule has 2 aliphatic heterocycles. The number of carbonyl (C=O) groups is 2. The third kappa shape index (κ3) is 2.61. The number of aromatic amines is 1. The van der Waals surface area contributed by atoms with E-state index < -0.39 is 0 Å². The van der Waals surface area contributed by atoms with Crippen molar-refractivity contribution in [2.45, 2.75) is 29.5 Å². The number of fused-ring (bicyclic) bond motifs is 9. The minimum Gasteiger partial charge on any atom is -0.508 e. The number of amides is 2. The highest BCUT2D eigenvalue weighted by Crippen LogP contribution is 2.69. The van der Waals surface area contributed by atoms with Crippen molar-refractivity contribution in [3.63, 3.8) is 0 Å². The number of nitrogens with zero attached hydrogens (tertiary/aromatic N) is 1. The number of phenols is 1. The van der Waals surface area contributed by atoms with Gasteiger partial charge in [0.15, 0.2) is 0 Å². The molecule has 2 amide bonds. The SMILES string of the molecule is Cc1ccc(N2C(=O)[C@@H]3[C@H]4C[C@H]([C@H]5Sc6[nH]c(=O)sc6[C@@H](c6ccccc6O)[C@H]45)[C@@H]3C2=O)cc1. The molecule has 0 unspecified atom stereocenters. The summed E-state index contributed by atoms with van der Waals surface area (Å²) in [5.41, 5.74) is 2.52. The summed E-state index contributed by atoms with van der Waals surface area (Å²) in [7, 11) is 0. The van der Waals surface area contributed by atoms with E-state index in [4.69, 9.17) is 0 Å². The second kappa shape index (κ2) is 7.09. The number of hydrogen-bond donors (Lipinski definition) is 2. The molecule has 0 radical (unpaired) electrons. The van der Waals surface area contributed by atoms with Crippen molar-refractivity contribution in [2.75, 3.05) is 4.90 Å². The molecule has 0 spiro atoms. The van der Waals surface area contributed by atoms with Gasteiger partial charge in [-0.3, -0.25) is 19.3 Å². The minimum absolute atomic E-state index is 0.0364. The predicted molar refractivity (Wildman–Crippen MR) is 130 cm³/mol. The Kier molecular flexibility index (Phi) is 4.28. The molecule has 2 N–H and O–H groups in total. The van der Waals surface area contributed by atoms with Crippen molar-refractivity contribution in [2.24, 2.45) is 29.6 Å². The van der Waals surface area contributed by atoms with E-state index in [0.29, 0.717) is 5.69 Å². The molecule has 1 aromatic heterocycles. The van der Waals surface area contributed by atoms with E-state index in [0.717, 1.165) is 27.5 Å². The monoisotopic (exact) mass is 490 g/mol. The molecule has 7 atom stereocenters. The van der Waals surface area contributed by atoms with Crippen LogP contribution in [0, 0.1) is 36.5 Å². The number of nitrogens with one attached hydrogen (secondary N) is 1. The van der Waals surface area contributed by atoms with Gasteiger partial charge in [0.2, 0.25) is 11.8 Å². The van der Waals surface area contributed by atoms with Crippen molar-refractivity contribution in [1.29, 1.82) is 0 Å². The number of aromatic nitrogens is 1. The van der Waals surface area contributed by atoms with Crippen LogP contribution in [0.5, 0.6) is 5.75 Å². The molecular formula is C26H22N2O4S2. The first-order chi connectivity index (χ1) is 16.4. The van der Waals surface area contributed by atoms with Gasteiger partial charge >= 0.3 is 4.87 Å². The highest BCUT2D eigenvalue weighted by atomic mass is 32.2. The fourth-order valence-electron chi connectivity index (χ4n) is 7.06. The lowest BCUT2D eigenvalue weighted by atomic mass is 9.68. The van der Waals surface area contributed by atoms with Gasteiger partial charge in [0, 0.05) is 21.6 Å². The fraction of sp³-hybridized carbons (Fsp3) is 0.346. The summed E-state index contributed by atoms with van der Waals surface area (Å²) in [5, 5.41) is 11.7. The number of phenolic OH excluding ortho intramolecular Hbond substituents is 1. The fourth-order valence-corrected chi connectivity index (χ4v) is 9.94. The number of rotatable bonds is 2. The summed E-state index contributed by atoms with van der Waals surface area (Å²) in [6, 6.07) is 14.9. The summed E-state index contributed by atoms with van der Waals surface area (Å²) in [6.45, 7) is 1.98. The smallest absolute Gasteiger partial charge is 0.305 e. The van der Waals surface area contributed by atoms with E-state index in [9.17, 15) is 19.5 Å². The van der Waals surface area contributed by atoms with Gasteiger partial charge in [-0.05, 0) is 49.3 Å². The Labute approximate surface area is 204 Å². The lowest BCUT2D eigenvalue weighted by Gasteiger charge is -2.43. The second-order valence-electron chi connectivity index (χ2n) is 9.87. The molecule has 3 aromatic rings. The average Bonchev–Trinajstić information content (AvgIpc) is 3.54. The Morgan fingerprint density at radius 2 is 1.68 bits per heavy atom. The third-order valence-corrected chi connectivity index (χ3v) is 10.9. The van der Waals surface area contributed by atoms with Crippen LogP contribution in [0.2, 0.25) is 0 Å². The first kappa shape index (κ1) is 20.5. The van der Waals surface area contributed by atoms with E-state index in [2.05, 4.69) is 4.98 Å². The summed E-state index contributed by atoms with van der Waals surface area (Å²) >= 11 is 2.86. The van der Waals surface area contributed by atoms with E-state index >= 15 is 0 Å². The molecule has 172 valence electrons. The number of aromatic hydroxyl groups is 1. The first-order valence-electron chi connectivity index (χ1n) is 11.6. The maximum Gasteiger partial charge on any atom is 0.305 e. The van der Waals surface area contributed by atoms with E-state index in [1.54, 1.807) is 23.9 Å². The van der Waals surface area contributed by atoms with Gasteiger partial charge in [-0.15, -0.1) is 11.8 Å². The van der Waals surface area contributed by atoms with Crippen LogP contribution >= 0.6 is 23.1 Å². The molecule has 7 rings (SSSR count). The Bertz CT molecular complexity index is 1410. The summed E-state index contributed by atoms with van der Waals surface area (Å²) < 4.78 is 0. The summed E-state index contributed by atoms with van der Waals surface area (Å²) in [5.74, 6) is -0.615. The number of thioether (sulfide) groups is 1. The lowest BCUT2D eigenvalue weighted by molar-refractivity contribution is -0.123. The molecular weight excluding hydrogens is 468 g/mol. The maximum absolute atomic E-state index is 13.7. The Hall–Kier alpha value is -2.84. The zero-order valence-electron chi connectivity index (χ0n) is 18.3. The highest BCUT2D eigenvalue weighted by molar-refractivity contribution is 8.00. The van der Waals surface area contributed by atoms with Crippen LogP contribution < -0.4 is 9.77 Å². The van der Waals surface area contributed by atoms with Crippen molar-refractivity contribution in [1.82, 2.24) is 4.98 Å². The number of anilines is 1. The van der Waals surface area contributed by atoms with Crippen molar-refractivity contribution >= 4 is 40.6 Å². The predicted octanol–water partition coefficient (Wildman–Crippen LogP) is 4.13. The molecule has 2 aromatic carbocycles. The average molecular weight is 491 g/mol. The van der Waals surface area contributed by atoms with Crippen LogP contribution in [0.25, 0.3) is 0 Å². The number of para-hydroxylation sites is 1. The number of benzene rings is 2. The van der Waals surface area contributed by atoms with Crippen molar-refractivity contribution < 1.29 is 14.7 Å². The number of imide groups is 1. The highest BCUT2D eigenvalue weighted by Gasteiger charge is 2.69. The number of hydrogen-bond acceptors (Lipinski definition) is 6. The van der Waals surface area contributed by atoms with Crippen LogP contribution in [-0.4, -0.2) is 27.2 Å². The van der Waals surface area contributed by atoms with Gasteiger partial charge in [-0.25, -0.2) is 0 Å². The van der Waals surface area contributed by atoms with Crippen molar-refractivity contribution in [3.8, 4) is 5.75 Å². The molecule has 3 heterocycles. The molecule has 34 heavy (non-hydrogen) atoms. The Morgan fingerprint density at radius 3 is 2.41 bits per heavy atom. The van der Waals surface area contributed by atoms with E-state index in [-0.39, 0.29) is 63.2 Å². The van der Waals surface area contributed by atoms with Crippen molar-refractivity contribution in [3.05, 3.63) is 74.2 Å². The molecule has 3 fully saturated rings. The van der Waals surface area contributed by atoms with Crippen LogP contribution in [0.4, 0.5) is 5.69 Å². The number of aryl methyl sites for hydroxylation is 1. The second-order valence-corrected chi connectivity index (χ2v) is 12.1. The number of carbonyl (C=O) groups excluding carboxylic acids is 2. The zero-order valence-corrected chi connectivity index (χ0v) is 19.9. The normalized spacial score (nSPS) is 33.2. The molecule has 1 saturated heterocycles. The zero-order chi connectivity index (χ0) is 23.3. The molecule has 8 heteroatoms. The topological polar surface area (TPSA) is 90.5 Å². The molecule has 2 bridgehead atoms. The van der Waals surface area contributed by atoms with Crippen LogP contribution in [0.3, 0.4) is 0 Å². The molecule has 4 aliphatic rings. The van der Waals surface area contributed by atoms with Gasteiger partial charge in [0.25, 0.3) is 0 Å². The maximum atomic E-state index is 13.7. The van der Waals surface area contributed by atoms with Gasteiger partial charge in [0.1, 0.15) is 5.75 Å². The van der Waals surface area contributed by atoms with Gasteiger partial charge in [-0.1, -0.05) is 47.2 Å². The number of thiazole rings is 1. The van der Waals surface area contributed by atoms with Gasteiger partial charge in [-0.2, -0.15) is 0 Å². The van der Waals surface area contributed by atoms with E-state index in [1.165, 1.54) is 16.2 Å². The Morgan fingerprint density at radius 1 is 0.971 bits per heavy atom. The quantitative estimate of drug-likeness (QED) is 0.527. The minimum atomic E-state index is -0.341. The van der Waals surface area contributed by atoms with E-state index in [1.807, 2.05) is 43.3 Å². The molecule has 2 saturated carbocycles. The molecule has 6 nitrogen and oxygen atoms in total. The standard InChI is InChI=1S/C26H22N2O4S2/c1-11-6-8-12(9-7-11)28-24(30)19-14-10-15(20(19)25(28)31)21-18(14)17(13-4-2-3-5-16(13)29)22-23(33-21)27-26(32)34-22/h2-9,14-15,17-21,29H,10H2,1H3,(H,27,32)/t14-,15-,17-,18-,19+,20-,21+/m0/s1.